The molecule has 0 bridgehead atoms. The van der Waals surface area contributed by atoms with Crippen molar-refractivity contribution in [2.45, 2.75) is 32.2 Å². The molecule has 3 heterocycles. The second-order valence-corrected chi connectivity index (χ2v) is 8.42. The molecule has 0 radical (unpaired) electrons. The third-order valence-corrected chi connectivity index (χ3v) is 6.23. The molecule has 0 N–H and O–H groups in total. The number of carbonyl (C=O) groups is 1. The number of benzene rings is 2. The van der Waals surface area contributed by atoms with Gasteiger partial charge in [0.2, 0.25) is 11.8 Å². The summed E-state index contributed by atoms with van der Waals surface area (Å²) in [5.74, 6) is 2.70. The topological polar surface area (TPSA) is 67.8 Å². The largest absolute Gasteiger partial charge is 0.497 e. The lowest BCUT2D eigenvalue weighted by Crippen LogP contribution is -2.37. The lowest BCUT2D eigenvalue weighted by Gasteiger charge is -2.32. The molecule has 2 aliphatic heterocycles. The zero-order valence-corrected chi connectivity index (χ0v) is 18.9. The molecule has 0 aliphatic carbocycles. The first-order valence-corrected chi connectivity index (χ1v) is 11.5. The Labute approximate surface area is 194 Å². The maximum Gasteiger partial charge on any atom is 0.254 e. The summed E-state index contributed by atoms with van der Waals surface area (Å²) in [4.78, 5) is 26.9. The van der Waals surface area contributed by atoms with Gasteiger partial charge in [0.05, 0.1) is 24.9 Å². The van der Waals surface area contributed by atoms with E-state index >= 15 is 0 Å². The number of nitrogens with zero attached hydrogens (tertiary/aromatic N) is 4. The molecule has 0 saturated carbocycles. The summed E-state index contributed by atoms with van der Waals surface area (Å²) in [6.45, 7) is 2.97. The molecule has 1 saturated heterocycles. The van der Waals surface area contributed by atoms with Crippen molar-refractivity contribution in [3.05, 3.63) is 71.4 Å². The number of carbonyl (C=O) groups excluding carboxylic acids is 1. The van der Waals surface area contributed by atoms with Crippen molar-refractivity contribution in [1.82, 2.24) is 14.9 Å². The van der Waals surface area contributed by atoms with Gasteiger partial charge in [-0.3, -0.25) is 4.79 Å². The highest BCUT2D eigenvalue weighted by Gasteiger charge is 2.28. The molecule has 7 nitrogen and oxygen atoms in total. The second kappa shape index (κ2) is 9.48. The first-order valence-electron chi connectivity index (χ1n) is 11.5. The Hall–Kier alpha value is -3.61. The molecular formula is C26H28N4O3. The fourth-order valence-electron chi connectivity index (χ4n) is 4.38. The first-order chi connectivity index (χ1) is 16.2. The van der Waals surface area contributed by atoms with Gasteiger partial charge in [0, 0.05) is 31.6 Å². The van der Waals surface area contributed by atoms with Crippen molar-refractivity contribution in [3.63, 3.8) is 0 Å². The van der Waals surface area contributed by atoms with Crippen LogP contribution in [0, 0.1) is 0 Å². The molecule has 170 valence electrons. The van der Waals surface area contributed by atoms with Crippen LogP contribution in [0.3, 0.4) is 0 Å². The zero-order valence-electron chi connectivity index (χ0n) is 18.9. The normalized spacial score (nSPS) is 15.7. The van der Waals surface area contributed by atoms with E-state index in [1.807, 2.05) is 59.5 Å². The fourth-order valence-corrected chi connectivity index (χ4v) is 4.38. The number of hydrogen-bond donors (Lipinski definition) is 0. The molecule has 2 aromatic carbocycles. The van der Waals surface area contributed by atoms with Gasteiger partial charge in [-0.15, -0.1) is 0 Å². The molecule has 7 heteroatoms. The molecular weight excluding hydrogens is 416 g/mol. The lowest BCUT2D eigenvalue weighted by molar-refractivity contribution is 0.0732. The predicted octanol–water partition coefficient (Wildman–Crippen LogP) is 4.47. The number of amides is 1. The van der Waals surface area contributed by atoms with Gasteiger partial charge in [0.1, 0.15) is 11.5 Å². The number of fused-ring (bicyclic) bond motifs is 1. The van der Waals surface area contributed by atoms with Crippen molar-refractivity contribution in [2.24, 2.45) is 0 Å². The van der Waals surface area contributed by atoms with Crippen LogP contribution in [0.15, 0.2) is 54.6 Å². The van der Waals surface area contributed by atoms with Gasteiger partial charge in [-0.05, 0) is 55.7 Å². The molecule has 2 aliphatic rings. The monoisotopic (exact) mass is 444 g/mol. The van der Waals surface area contributed by atoms with E-state index in [4.69, 9.17) is 19.4 Å². The Morgan fingerprint density at radius 2 is 1.61 bits per heavy atom. The molecule has 1 amide bonds. The van der Waals surface area contributed by atoms with Crippen LogP contribution in [0.4, 0.5) is 5.95 Å². The Kier molecular flexibility index (Phi) is 6.11. The Morgan fingerprint density at radius 3 is 2.33 bits per heavy atom. The third kappa shape index (κ3) is 4.62. The van der Waals surface area contributed by atoms with Crippen molar-refractivity contribution in [2.75, 3.05) is 31.6 Å². The van der Waals surface area contributed by atoms with Crippen LogP contribution in [0.1, 0.15) is 40.9 Å². The Morgan fingerprint density at radius 1 is 0.879 bits per heavy atom. The van der Waals surface area contributed by atoms with E-state index < -0.39 is 0 Å². The van der Waals surface area contributed by atoms with E-state index in [2.05, 4.69) is 4.90 Å². The average molecular weight is 445 g/mol. The standard InChI is InChI=1S/C26H28N4O3/c1-32-20-10-12-21(13-11-20)33-24-22-18-30(25(31)19-8-4-2-5-9-19)17-14-23(22)27-26(28-24)29-15-6-3-7-16-29/h2,4-5,8-13H,3,6-7,14-18H2,1H3. The molecule has 0 spiro atoms. The number of rotatable bonds is 5. The van der Waals surface area contributed by atoms with E-state index in [9.17, 15) is 4.79 Å². The van der Waals surface area contributed by atoms with Crippen molar-refractivity contribution < 1.29 is 14.3 Å². The van der Waals surface area contributed by atoms with E-state index in [0.29, 0.717) is 36.7 Å². The van der Waals surface area contributed by atoms with Crippen LogP contribution in [-0.4, -0.2) is 47.5 Å². The number of hydrogen-bond acceptors (Lipinski definition) is 6. The van der Waals surface area contributed by atoms with Gasteiger partial charge in [-0.25, -0.2) is 4.98 Å². The van der Waals surface area contributed by atoms with Crippen molar-refractivity contribution >= 4 is 11.9 Å². The van der Waals surface area contributed by atoms with Crippen molar-refractivity contribution in [3.8, 4) is 17.4 Å². The van der Waals surface area contributed by atoms with E-state index in [1.165, 1.54) is 6.42 Å². The molecule has 5 rings (SSSR count). The highest BCUT2D eigenvalue weighted by molar-refractivity contribution is 5.94. The molecule has 33 heavy (non-hydrogen) atoms. The lowest BCUT2D eigenvalue weighted by atomic mass is 10.0. The summed E-state index contributed by atoms with van der Waals surface area (Å²) in [6.07, 6.45) is 4.21. The Balaban J connectivity index is 1.47. The molecule has 1 fully saturated rings. The summed E-state index contributed by atoms with van der Waals surface area (Å²) in [5, 5.41) is 0. The predicted molar refractivity (Wildman–Crippen MR) is 126 cm³/mol. The van der Waals surface area contributed by atoms with Crippen LogP contribution < -0.4 is 14.4 Å². The van der Waals surface area contributed by atoms with Gasteiger partial charge >= 0.3 is 0 Å². The van der Waals surface area contributed by atoms with Crippen LogP contribution in [0.25, 0.3) is 0 Å². The summed E-state index contributed by atoms with van der Waals surface area (Å²) in [6, 6.07) is 16.8. The number of methoxy groups -OCH3 is 1. The number of aromatic nitrogens is 2. The minimum atomic E-state index is 0.0109. The quantitative estimate of drug-likeness (QED) is 0.579. The van der Waals surface area contributed by atoms with Crippen LogP contribution >= 0.6 is 0 Å². The highest BCUT2D eigenvalue weighted by atomic mass is 16.5. The van der Waals surface area contributed by atoms with Crippen LogP contribution in [-0.2, 0) is 13.0 Å². The Bertz CT molecular complexity index is 1110. The van der Waals surface area contributed by atoms with Crippen LogP contribution in [0.5, 0.6) is 17.4 Å². The van der Waals surface area contributed by atoms with E-state index in [1.54, 1.807) is 7.11 Å². The third-order valence-electron chi connectivity index (χ3n) is 6.23. The van der Waals surface area contributed by atoms with Gasteiger partial charge in [-0.2, -0.15) is 4.98 Å². The molecule has 1 aromatic heterocycles. The number of ether oxygens (including phenoxy) is 2. The van der Waals surface area contributed by atoms with Gasteiger partial charge in [0.15, 0.2) is 0 Å². The summed E-state index contributed by atoms with van der Waals surface area (Å²) in [5.41, 5.74) is 2.53. The maximum atomic E-state index is 13.1. The summed E-state index contributed by atoms with van der Waals surface area (Å²) >= 11 is 0. The SMILES string of the molecule is COc1ccc(Oc2nc(N3CCCCC3)nc3c2CN(C(=O)c2ccccc2)CC3)cc1. The average Bonchev–Trinajstić information content (AvgIpc) is 2.89. The molecule has 0 atom stereocenters. The summed E-state index contributed by atoms with van der Waals surface area (Å²) in [7, 11) is 1.64. The smallest absolute Gasteiger partial charge is 0.254 e. The van der Waals surface area contributed by atoms with E-state index in [0.717, 1.165) is 48.9 Å². The maximum absolute atomic E-state index is 13.1. The minimum Gasteiger partial charge on any atom is -0.497 e. The van der Waals surface area contributed by atoms with Crippen molar-refractivity contribution in [1.29, 1.82) is 0 Å². The fraction of sp³-hybridized carbons (Fsp3) is 0.346. The zero-order chi connectivity index (χ0) is 22.6. The molecule has 3 aromatic rings. The van der Waals surface area contributed by atoms with Gasteiger partial charge < -0.3 is 19.3 Å². The first kappa shape index (κ1) is 21.2. The molecule has 0 unspecified atom stereocenters. The van der Waals surface area contributed by atoms with Gasteiger partial charge in [0.25, 0.3) is 5.91 Å². The highest BCUT2D eigenvalue weighted by Crippen LogP contribution is 2.33. The van der Waals surface area contributed by atoms with Crippen LogP contribution in [0.2, 0.25) is 0 Å². The minimum absolute atomic E-state index is 0.0109. The number of piperidine rings is 1. The van der Waals surface area contributed by atoms with E-state index in [-0.39, 0.29) is 5.91 Å². The second-order valence-electron chi connectivity index (χ2n) is 8.42. The van der Waals surface area contributed by atoms with Gasteiger partial charge in [-0.1, -0.05) is 18.2 Å². The number of anilines is 1. The summed E-state index contributed by atoms with van der Waals surface area (Å²) < 4.78 is 11.5.